The smallest absolute Gasteiger partial charge is 0.227 e. The van der Waals surface area contributed by atoms with Crippen LogP contribution in [0.5, 0.6) is 5.75 Å². The summed E-state index contributed by atoms with van der Waals surface area (Å²) in [5.41, 5.74) is 0.945. The number of rotatable bonds is 4. The molecule has 0 radical (unpaired) electrons. The lowest BCUT2D eigenvalue weighted by Gasteiger charge is -2.17. The van der Waals surface area contributed by atoms with Gasteiger partial charge in [-0.2, -0.15) is 0 Å². The molecule has 0 spiro atoms. The van der Waals surface area contributed by atoms with Crippen LogP contribution in [0.4, 0.5) is 0 Å². The fourth-order valence-electron chi connectivity index (χ4n) is 2.45. The zero-order chi connectivity index (χ0) is 14.5. The molecule has 1 aliphatic heterocycles. The Bertz CT molecular complexity index is 589. The number of aromatic nitrogens is 2. The third-order valence-corrected chi connectivity index (χ3v) is 3.53. The number of ether oxygens (including phenoxy) is 1. The molecule has 1 atom stereocenters. The topological polar surface area (TPSA) is 55.3 Å². The van der Waals surface area contributed by atoms with Crippen LogP contribution < -0.4 is 4.74 Å². The zero-order valence-corrected chi connectivity index (χ0v) is 11.7. The van der Waals surface area contributed by atoms with Crippen LogP contribution in [0.3, 0.4) is 0 Å². The van der Waals surface area contributed by atoms with Crippen molar-refractivity contribution in [1.29, 1.82) is 0 Å². The molecule has 2 aromatic heterocycles. The van der Waals surface area contributed by atoms with E-state index in [2.05, 4.69) is 9.97 Å². The molecule has 3 rings (SSSR count). The third-order valence-electron chi connectivity index (χ3n) is 3.53. The van der Waals surface area contributed by atoms with Gasteiger partial charge in [-0.3, -0.25) is 14.8 Å². The van der Waals surface area contributed by atoms with Crippen LogP contribution in [0, 0.1) is 0 Å². The first-order valence-electron chi connectivity index (χ1n) is 7.04. The summed E-state index contributed by atoms with van der Waals surface area (Å²) in [4.78, 5) is 22.1. The molecule has 5 heteroatoms. The van der Waals surface area contributed by atoms with Crippen molar-refractivity contribution in [2.75, 3.05) is 13.1 Å². The molecule has 5 nitrogen and oxygen atoms in total. The number of hydrogen-bond acceptors (Lipinski definition) is 4. The standard InChI is InChI=1S/C16H17N3O2/c20-16(10-13-2-1-6-18-11-13)19-9-5-15(12-19)21-14-3-7-17-8-4-14/h1-4,6-8,11,15H,5,9-10,12H2/t15-/m0/s1. The minimum Gasteiger partial charge on any atom is -0.488 e. The van der Waals surface area contributed by atoms with Gasteiger partial charge in [-0.25, -0.2) is 0 Å². The Morgan fingerprint density at radius 1 is 1.24 bits per heavy atom. The molecular formula is C16H17N3O2. The predicted octanol–water partition coefficient (Wildman–Crippen LogP) is 1.70. The van der Waals surface area contributed by atoms with Crippen molar-refractivity contribution in [3.63, 3.8) is 0 Å². The van der Waals surface area contributed by atoms with Crippen molar-refractivity contribution in [3.05, 3.63) is 54.6 Å². The number of hydrogen-bond donors (Lipinski definition) is 0. The van der Waals surface area contributed by atoms with Crippen molar-refractivity contribution < 1.29 is 9.53 Å². The Kier molecular flexibility index (Phi) is 4.09. The summed E-state index contributed by atoms with van der Waals surface area (Å²) in [5.74, 6) is 0.931. The molecule has 21 heavy (non-hydrogen) atoms. The minimum absolute atomic E-state index is 0.0604. The highest BCUT2D eigenvalue weighted by Gasteiger charge is 2.27. The van der Waals surface area contributed by atoms with Crippen LogP contribution in [0.15, 0.2) is 49.1 Å². The highest BCUT2D eigenvalue weighted by molar-refractivity contribution is 5.79. The average Bonchev–Trinajstić information content (AvgIpc) is 2.98. The fourth-order valence-corrected chi connectivity index (χ4v) is 2.45. The molecule has 1 aliphatic rings. The Morgan fingerprint density at radius 3 is 2.86 bits per heavy atom. The van der Waals surface area contributed by atoms with E-state index in [1.54, 1.807) is 24.8 Å². The molecule has 3 heterocycles. The van der Waals surface area contributed by atoms with Crippen molar-refractivity contribution in [2.24, 2.45) is 0 Å². The highest BCUT2D eigenvalue weighted by atomic mass is 16.5. The van der Waals surface area contributed by atoms with E-state index in [0.29, 0.717) is 13.0 Å². The lowest BCUT2D eigenvalue weighted by atomic mass is 10.2. The van der Waals surface area contributed by atoms with Crippen molar-refractivity contribution in [1.82, 2.24) is 14.9 Å². The van der Waals surface area contributed by atoms with Gasteiger partial charge in [0.2, 0.25) is 5.91 Å². The number of nitrogens with zero attached hydrogens (tertiary/aromatic N) is 3. The molecule has 0 unspecified atom stereocenters. The molecule has 0 aliphatic carbocycles. The Labute approximate surface area is 123 Å². The van der Waals surface area contributed by atoms with Gasteiger partial charge in [0.15, 0.2) is 0 Å². The van der Waals surface area contributed by atoms with Gasteiger partial charge in [0.1, 0.15) is 11.9 Å². The van der Waals surface area contributed by atoms with Gasteiger partial charge < -0.3 is 9.64 Å². The maximum absolute atomic E-state index is 12.2. The number of amides is 1. The van der Waals surface area contributed by atoms with E-state index in [1.165, 1.54) is 0 Å². The molecule has 0 aromatic carbocycles. The Balaban J connectivity index is 1.53. The summed E-state index contributed by atoms with van der Waals surface area (Å²) in [7, 11) is 0. The van der Waals surface area contributed by atoms with Crippen molar-refractivity contribution in [3.8, 4) is 5.75 Å². The van der Waals surface area contributed by atoms with Crippen LogP contribution >= 0.6 is 0 Å². The van der Waals surface area contributed by atoms with Gasteiger partial charge in [0.05, 0.1) is 13.0 Å². The molecule has 1 fully saturated rings. The largest absolute Gasteiger partial charge is 0.488 e. The van der Waals surface area contributed by atoms with E-state index < -0.39 is 0 Å². The summed E-state index contributed by atoms with van der Waals surface area (Å²) in [6, 6.07) is 7.44. The number of carbonyl (C=O) groups excluding carboxylic acids is 1. The summed E-state index contributed by atoms with van der Waals surface area (Å²) in [6.45, 7) is 1.39. The van der Waals surface area contributed by atoms with E-state index in [1.807, 2.05) is 29.2 Å². The van der Waals surface area contributed by atoms with Gasteiger partial charge >= 0.3 is 0 Å². The number of likely N-dealkylation sites (tertiary alicyclic amines) is 1. The highest BCUT2D eigenvalue weighted by Crippen LogP contribution is 2.18. The van der Waals surface area contributed by atoms with E-state index in [-0.39, 0.29) is 12.0 Å². The summed E-state index contributed by atoms with van der Waals surface area (Å²) in [5, 5.41) is 0. The molecular weight excluding hydrogens is 266 g/mol. The zero-order valence-electron chi connectivity index (χ0n) is 11.7. The second-order valence-electron chi connectivity index (χ2n) is 5.09. The Morgan fingerprint density at radius 2 is 2.10 bits per heavy atom. The van der Waals surface area contributed by atoms with E-state index in [4.69, 9.17) is 4.74 Å². The number of pyridine rings is 2. The monoisotopic (exact) mass is 283 g/mol. The number of carbonyl (C=O) groups is 1. The normalized spacial score (nSPS) is 17.7. The van der Waals surface area contributed by atoms with Gasteiger partial charge in [-0.15, -0.1) is 0 Å². The molecule has 0 bridgehead atoms. The maximum Gasteiger partial charge on any atom is 0.227 e. The molecule has 108 valence electrons. The predicted molar refractivity (Wildman–Crippen MR) is 77.8 cm³/mol. The quantitative estimate of drug-likeness (QED) is 0.857. The Hall–Kier alpha value is -2.43. The third kappa shape index (κ3) is 3.56. The molecule has 0 saturated carbocycles. The minimum atomic E-state index is 0.0604. The van der Waals surface area contributed by atoms with Crippen LogP contribution in [-0.2, 0) is 11.2 Å². The summed E-state index contributed by atoms with van der Waals surface area (Å²) >= 11 is 0. The summed E-state index contributed by atoms with van der Waals surface area (Å²) in [6.07, 6.45) is 8.17. The first-order valence-corrected chi connectivity index (χ1v) is 7.04. The molecule has 1 saturated heterocycles. The molecule has 1 amide bonds. The molecule has 2 aromatic rings. The second kappa shape index (κ2) is 6.35. The van der Waals surface area contributed by atoms with Crippen LogP contribution in [0.2, 0.25) is 0 Å². The maximum atomic E-state index is 12.2. The van der Waals surface area contributed by atoms with Crippen LogP contribution in [0.1, 0.15) is 12.0 Å². The van der Waals surface area contributed by atoms with E-state index in [9.17, 15) is 4.79 Å². The average molecular weight is 283 g/mol. The second-order valence-corrected chi connectivity index (χ2v) is 5.09. The summed E-state index contributed by atoms with van der Waals surface area (Å²) < 4.78 is 5.86. The van der Waals surface area contributed by atoms with E-state index in [0.717, 1.165) is 24.3 Å². The van der Waals surface area contributed by atoms with Gasteiger partial charge in [-0.1, -0.05) is 6.07 Å². The van der Waals surface area contributed by atoms with Gasteiger partial charge in [-0.05, 0) is 23.8 Å². The lowest BCUT2D eigenvalue weighted by molar-refractivity contribution is -0.129. The van der Waals surface area contributed by atoms with Crippen molar-refractivity contribution >= 4 is 5.91 Å². The lowest BCUT2D eigenvalue weighted by Crippen LogP contribution is -2.32. The molecule has 0 N–H and O–H groups in total. The SMILES string of the molecule is O=C(Cc1cccnc1)N1CC[C@H](Oc2ccncc2)C1. The van der Waals surface area contributed by atoms with Crippen molar-refractivity contribution in [2.45, 2.75) is 18.9 Å². The first-order chi connectivity index (χ1) is 10.3. The van der Waals surface area contributed by atoms with E-state index >= 15 is 0 Å². The van der Waals surface area contributed by atoms with Gasteiger partial charge in [0.25, 0.3) is 0 Å². The van der Waals surface area contributed by atoms with Gasteiger partial charge in [0, 0.05) is 37.8 Å². The van der Waals surface area contributed by atoms with Crippen LogP contribution in [-0.4, -0.2) is 40.0 Å². The fraction of sp³-hybridized carbons (Fsp3) is 0.312. The van der Waals surface area contributed by atoms with Crippen LogP contribution in [0.25, 0.3) is 0 Å². The first kappa shape index (κ1) is 13.5.